The molecule has 120 valence electrons. The number of carbonyl (C=O) groups excluding carboxylic acids is 1. The number of nitrogens with one attached hydrogen (secondary N) is 1. The molecule has 1 N–H and O–H groups in total. The van der Waals surface area contributed by atoms with E-state index in [0.717, 1.165) is 18.6 Å². The minimum absolute atomic E-state index is 0.0330. The van der Waals surface area contributed by atoms with Crippen LogP contribution in [-0.2, 0) is 11.0 Å². The van der Waals surface area contributed by atoms with E-state index in [1.165, 1.54) is 0 Å². The van der Waals surface area contributed by atoms with Crippen LogP contribution in [0.5, 0.6) is 0 Å². The first kappa shape index (κ1) is 16.1. The van der Waals surface area contributed by atoms with E-state index in [0.29, 0.717) is 19.2 Å². The van der Waals surface area contributed by atoms with Crippen LogP contribution in [-0.4, -0.2) is 35.4 Å². The number of benzene rings is 1. The van der Waals surface area contributed by atoms with Crippen molar-refractivity contribution < 1.29 is 22.9 Å². The van der Waals surface area contributed by atoms with Gasteiger partial charge >= 0.3 is 6.18 Å². The van der Waals surface area contributed by atoms with Crippen LogP contribution in [0.3, 0.4) is 0 Å². The molecule has 1 fully saturated rings. The monoisotopic (exact) mass is 317 g/mol. The predicted molar refractivity (Wildman–Crippen MR) is 72.4 cm³/mol. The average molecular weight is 317 g/mol. The van der Waals surface area contributed by atoms with Gasteiger partial charge in [-0.2, -0.15) is 13.2 Å². The van der Waals surface area contributed by atoms with E-state index in [-0.39, 0.29) is 24.6 Å². The molecule has 0 aromatic heterocycles. The van der Waals surface area contributed by atoms with E-state index in [9.17, 15) is 28.1 Å². The van der Waals surface area contributed by atoms with Gasteiger partial charge in [-0.3, -0.25) is 14.9 Å². The number of likely N-dealkylation sites (tertiary alicyclic amines) is 1. The fraction of sp³-hybridized carbons (Fsp3) is 0.462. The standard InChI is InChI=1S/C13H14F3N3O3/c14-13(15,16)9-2-3-10(11(8-9)19(21)22)17-5-4-12(20)18-6-1-7-18/h2-3,8,17H,1,4-7H2. The number of hydrogen-bond donors (Lipinski definition) is 1. The Morgan fingerprint density at radius 1 is 1.36 bits per heavy atom. The Bertz CT molecular complexity index is 586. The second-order valence-electron chi connectivity index (χ2n) is 4.90. The van der Waals surface area contributed by atoms with Gasteiger partial charge < -0.3 is 10.2 Å². The smallest absolute Gasteiger partial charge is 0.379 e. The summed E-state index contributed by atoms with van der Waals surface area (Å²) in [6.45, 7) is 1.54. The van der Waals surface area contributed by atoms with Crippen molar-refractivity contribution in [3.63, 3.8) is 0 Å². The molecule has 9 heteroatoms. The van der Waals surface area contributed by atoms with E-state index in [4.69, 9.17) is 0 Å². The second kappa shape index (κ2) is 6.20. The zero-order valence-corrected chi connectivity index (χ0v) is 11.5. The minimum atomic E-state index is -4.64. The number of nitro groups is 1. The molecule has 1 aliphatic rings. The van der Waals surface area contributed by atoms with E-state index >= 15 is 0 Å². The first-order chi connectivity index (χ1) is 10.3. The maximum atomic E-state index is 12.6. The number of rotatable bonds is 5. The molecule has 6 nitrogen and oxygen atoms in total. The molecule has 2 rings (SSSR count). The summed E-state index contributed by atoms with van der Waals surface area (Å²) in [5.41, 5.74) is -1.78. The molecule has 0 saturated carbocycles. The van der Waals surface area contributed by atoms with E-state index in [2.05, 4.69) is 5.32 Å². The highest BCUT2D eigenvalue weighted by Gasteiger charge is 2.33. The first-order valence-corrected chi connectivity index (χ1v) is 6.66. The molecule has 1 heterocycles. The molecule has 0 radical (unpaired) electrons. The highest BCUT2D eigenvalue weighted by molar-refractivity contribution is 5.77. The normalized spacial score (nSPS) is 14.4. The molecule has 1 saturated heterocycles. The Labute approximate surface area is 124 Å². The number of carbonyl (C=O) groups is 1. The lowest BCUT2D eigenvalue weighted by atomic mass is 10.1. The Morgan fingerprint density at radius 3 is 2.55 bits per heavy atom. The number of nitro benzene ring substituents is 1. The Kier molecular flexibility index (Phi) is 4.53. The highest BCUT2D eigenvalue weighted by Crippen LogP contribution is 2.34. The van der Waals surface area contributed by atoms with Crippen LogP contribution in [0.25, 0.3) is 0 Å². The number of alkyl halides is 3. The lowest BCUT2D eigenvalue weighted by Gasteiger charge is -2.30. The van der Waals surface area contributed by atoms with Crippen LogP contribution in [0.15, 0.2) is 18.2 Å². The molecular weight excluding hydrogens is 303 g/mol. The van der Waals surface area contributed by atoms with Crippen LogP contribution in [0.1, 0.15) is 18.4 Å². The van der Waals surface area contributed by atoms with Crippen LogP contribution >= 0.6 is 0 Å². The van der Waals surface area contributed by atoms with Crippen LogP contribution < -0.4 is 5.32 Å². The molecule has 0 spiro atoms. The fourth-order valence-electron chi connectivity index (χ4n) is 2.04. The summed E-state index contributed by atoms with van der Waals surface area (Å²) in [4.78, 5) is 23.3. The molecule has 1 amide bonds. The van der Waals surface area contributed by atoms with Gasteiger partial charge in [0, 0.05) is 32.1 Å². The van der Waals surface area contributed by atoms with Gasteiger partial charge in [-0.1, -0.05) is 0 Å². The van der Waals surface area contributed by atoms with Gasteiger partial charge in [-0.05, 0) is 18.6 Å². The largest absolute Gasteiger partial charge is 0.416 e. The number of hydrogen-bond acceptors (Lipinski definition) is 4. The summed E-state index contributed by atoms with van der Waals surface area (Å²) in [6.07, 6.45) is -3.54. The Morgan fingerprint density at radius 2 is 2.05 bits per heavy atom. The summed E-state index contributed by atoms with van der Waals surface area (Å²) in [5, 5.41) is 13.5. The summed E-state index contributed by atoms with van der Waals surface area (Å²) in [6, 6.07) is 2.27. The summed E-state index contributed by atoms with van der Waals surface area (Å²) >= 11 is 0. The summed E-state index contributed by atoms with van der Waals surface area (Å²) in [7, 11) is 0. The van der Waals surface area contributed by atoms with E-state index in [1.807, 2.05) is 0 Å². The van der Waals surface area contributed by atoms with Gasteiger partial charge in [0.1, 0.15) is 5.69 Å². The SMILES string of the molecule is O=C(CCNc1ccc(C(F)(F)F)cc1[N+](=O)[O-])N1CCC1. The van der Waals surface area contributed by atoms with Crippen molar-refractivity contribution in [2.24, 2.45) is 0 Å². The van der Waals surface area contributed by atoms with Crippen molar-refractivity contribution in [1.82, 2.24) is 4.90 Å². The van der Waals surface area contributed by atoms with Gasteiger partial charge in [-0.25, -0.2) is 0 Å². The maximum Gasteiger partial charge on any atom is 0.416 e. The lowest BCUT2D eigenvalue weighted by molar-refractivity contribution is -0.384. The van der Waals surface area contributed by atoms with Crippen LogP contribution in [0.2, 0.25) is 0 Å². The summed E-state index contributed by atoms with van der Waals surface area (Å²) < 4.78 is 37.7. The van der Waals surface area contributed by atoms with Gasteiger partial charge in [0.05, 0.1) is 10.5 Å². The summed E-state index contributed by atoms with van der Waals surface area (Å²) in [5.74, 6) is -0.0756. The molecule has 0 atom stereocenters. The fourth-order valence-corrected chi connectivity index (χ4v) is 2.04. The van der Waals surface area contributed by atoms with Crippen molar-refractivity contribution in [1.29, 1.82) is 0 Å². The quantitative estimate of drug-likeness (QED) is 0.669. The van der Waals surface area contributed by atoms with Crippen LogP contribution in [0.4, 0.5) is 24.5 Å². The van der Waals surface area contributed by atoms with Gasteiger partial charge in [0.25, 0.3) is 5.69 Å². The molecule has 1 aliphatic heterocycles. The molecular formula is C13H14F3N3O3. The Hall–Kier alpha value is -2.32. The number of amides is 1. The molecule has 1 aromatic carbocycles. The molecule has 22 heavy (non-hydrogen) atoms. The van der Waals surface area contributed by atoms with Crippen molar-refractivity contribution in [2.45, 2.75) is 19.0 Å². The van der Waals surface area contributed by atoms with E-state index < -0.39 is 22.4 Å². The molecule has 1 aromatic rings. The van der Waals surface area contributed by atoms with Gasteiger partial charge in [-0.15, -0.1) is 0 Å². The molecule has 0 aliphatic carbocycles. The lowest BCUT2D eigenvalue weighted by Crippen LogP contribution is -2.42. The average Bonchev–Trinajstić information content (AvgIpc) is 2.35. The second-order valence-corrected chi connectivity index (χ2v) is 4.90. The minimum Gasteiger partial charge on any atom is -0.379 e. The number of halogens is 3. The van der Waals surface area contributed by atoms with Crippen molar-refractivity contribution in [2.75, 3.05) is 25.0 Å². The van der Waals surface area contributed by atoms with E-state index in [1.54, 1.807) is 4.90 Å². The third-order valence-corrected chi connectivity index (χ3v) is 3.38. The zero-order chi connectivity index (χ0) is 16.3. The highest BCUT2D eigenvalue weighted by atomic mass is 19.4. The third kappa shape index (κ3) is 3.66. The van der Waals surface area contributed by atoms with Crippen molar-refractivity contribution in [3.8, 4) is 0 Å². The van der Waals surface area contributed by atoms with Crippen molar-refractivity contribution in [3.05, 3.63) is 33.9 Å². The molecule has 0 bridgehead atoms. The van der Waals surface area contributed by atoms with Crippen LogP contribution in [0, 0.1) is 10.1 Å². The first-order valence-electron chi connectivity index (χ1n) is 6.66. The topological polar surface area (TPSA) is 75.5 Å². The predicted octanol–water partition coefficient (Wildman–Crippen LogP) is 2.65. The molecule has 0 unspecified atom stereocenters. The van der Waals surface area contributed by atoms with Crippen molar-refractivity contribution >= 4 is 17.3 Å². The zero-order valence-electron chi connectivity index (χ0n) is 11.5. The number of anilines is 1. The number of nitrogens with zero attached hydrogens (tertiary/aromatic N) is 2. The third-order valence-electron chi connectivity index (χ3n) is 3.38. The van der Waals surface area contributed by atoms with Gasteiger partial charge in [0.15, 0.2) is 0 Å². The maximum absolute atomic E-state index is 12.6. The van der Waals surface area contributed by atoms with Gasteiger partial charge in [0.2, 0.25) is 5.91 Å². The Balaban J connectivity index is 2.03.